The van der Waals surface area contributed by atoms with Crippen LogP contribution in [0.2, 0.25) is 0 Å². The summed E-state index contributed by atoms with van der Waals surface area (Å²) in [4.78, 5) is 2.71. The summed E-state index contributed by atoms with van der Waals surface area (Å²) in [6, 6.07) is 1.63. The Labute approximate surface area is 87.8 Å². The molecule has 0 aromatic heterocycles. The van der Waals surface area contributed by atoms with Crippen molar-refractivity contribution in [3.8, 4) is 0 Å². The maximum Gasteiger partial charge on any atom is 0.0129 e. The second kappa shape index (κ2) is 3.82. The van der Waals surface area contributed by atoms with Gasteiger partial charge in [0, 0.05) is 18.6 Å². The molecule has 2 nitrogen and oxygen atoms in total. The fourth-order valence-corrected chi connectivity index (χ4v) is 3.23. The molecule has 2 rings (SSSR count). The van der Waals surface area contributed by atoms with Crippen LogP contribution in [0.1, 0.15) is 33.6 Å². The quantitative estimate of drug-likeness (QED) is 0.728. The summed E-state index contributed by atoms with van der Waals surface area (Å²) in [6.07, 6.45) is 2.72. The van der Waals surface area contributed by atoms with Gasteiger partial charge in [-0.2, -0.15) is 0 Å². The molecule has 2 heteroatoms. The van der Waals surface area contributed by atoms with Crippen molar-refractivity contribution >= 4 is 0 Å². The molecule has 5 unspecified atom stereocenters. The van der Waals surface area contributed by atoms with E-state index in [1.807, 2.05) is 0 Å². The molecule has 14 heavy (non-hydrogen) atoms. The summed E-state index contributed by atoms with van der Waals surface area (Å²) in [7, 11) is 0. The van der Waals surface area contributed by atoms with Gasteiger partial charge in [-0.15, -0.1) is 0 Å². The van der Waals surface area contributed by atoms with Crippen LogP contribution in [0.25, 0.3) is 0 Å². The van der Waals surface area contributed by atoms with E-state index in [1.165, 1.54) is 19.4 Å². The molecule has 1 saturated carbocycles. The zero-order chi connectivity index (χ0) is 10.3. The Morgan fingerprint density at radius 1 is 1.21 bits per heavy atom. The molecule has 2 aliphatic rings. The topological polar surface area (TPSA) is 29.3 Å². The molecule has 1 saturated heterocycles. The van der Waals surface area contributed by atoms with E-state index < -0.39 is 0 Å². The lowest BCUT2D eigenvalue weighted by Crippen LogP contribution is -2.51. The maximum absolute atomic E-state index is 5.75. The lowest BCUT2D eigenvalue weighted by molar-refractivity contribution is 0.0171. The minimum atomic E-state index is 0.758. The number of hydrogen-bond donors (Lipinski definition) is 1. The van der Waals surface area contributed by atoms with E-state index in [0.717, 1.165) is 36.4 Å². The van der Waals surface area contributed by atoms with Crippen molar-refractivity contribution in [1.29, 1.82) is 0 Å². The highest BCUT2D eigenvalue weighted by molar-refractivity contribution is 4.96. The first-order chi connectivity index (χ1) is 6.63. The van der Waals surface area contributed by atoms with Crippen LogP contribution in [-0.2, 0) is 0 Å². The molecule has 0 spiro atoms. The summed E-state index contributed by atoms with van der Waals surface area (Å²) in [5, 5.41) is 0. The Kier molecular flexibility index (Phi) is 2.85. The number of nitrogens with two attached hydrogens (primary N) is 1. The average Bonchev–Trinajstić information content (AvgIpc) is 2.55. The number of rotatable bonds is 2. The summed E-state index contributed by atoms with van der Waals surface area (Å²) < 4.78 is 0. The molecule has 82 valence electrons. The van der Waals surface area contributed by atoms with Gasteiger partial charge in [-0.25, -0.2) is 0 Å². The zero-order valence-electron chi connectivity index (χ0n) is 9.74. The molecule has 0 radical (unpaired) electrons. The molecular weight excluding hydrogens is 172 g/mol. The Morgan fingerprint density at radius 3 is 2.36 bits per heavy atom. The Hall–Kier alpha value is -0.0800. The second-order valence-electron chi connectivity index (χ2n) is 5.52. The lowest BCUT2D eigenvalue weighted by Gasteiger charge is -2.48. The summed E-state index contributed by atoms with van der Waals surface area (Å²) in [6.45, 7) is 9.27. The molecule has 0 bridgehead atoms. The van der Waals surface area contributed by atoms with Gasteiger partial charge in [0.1, 0.15) is 0 Å². The van der Waals surface area contributed by atoms with Crippen LogP contribution in [0.15, 0.2) is 0 Å². The maximum atomic E-state index is 5.75. The smallest absolute Gasteiger partial charge is 0.0129 e. The standard InChI is InChI=1S/C12H24N2/c1-8-4-12(10(8)3)14-7-11(6-13)5-9(14)2/h8-12H,4-7,13H2,1-3H3. The van der Waals surface area contributed by atoms with E-state index in [0.29, 0.717) is 0 Å². The Bertz CT molecular complexity index is 204. The van der Waals surface area contributed by atoms with Gasteiger partial charge < -0.3 is 5.73 Å². The first-order valence-electron chi connectivity index (χ1n) is 6.09. The van der Waals surface area contributed by atoms with Crippen LogP contribution in [0.5, 0.6) is 0 Å². The van der Waals surface area contributed by atoms with Gasteiger partial charge in [0.15, 0.2) is 0 Å². The normalized spacial score (nSPS) is 49.3. The first kappa shape index (κ1) is 10.4. The predicted octanol–water partition coefficient (Wildman–Crippen LogP) is 1.70. The Balaban J connectivity index is 1.93. The van der Waals surface area contributed by atoms with Gasteiger partial charge >= 0.3 is 0 Å². The minimum Gasteiger partial charge on any atom is -0.330 e. The van der Waals surface area contributed by atoms with Gasteiger partial charge in [-0.05, 0) is 44.1 Å². The Morgan fingerprint density at radius 2 is 1.93 bits per heavy atom. The summed E-state index contributed by atoms with van der Waals surface area (Å²) >= 11 is 0. The summed E-state index contributed by atoms with van der Waals surface area (Å²) in [5.74, 6) is 2.59. The molecule has 0 aromatic rings. The molecule has 5 atom stereocenters. The lowest BCUT2D eigenvalue weighted by atomic mass is 9.70. The molecule has 2 N–H and O–H groups in total. The average molecular weight is 196 g/mol. The minimum absolute atomic E-state index is 0.758. The second-order valence-corrected chi connectivity index (χ2v) is 5.52. The van der Waals surface area contributed by atoms with Crippen LogP contribution >= 0.6 is 0 Å². The van der Waals surface area contributed by atoms with E-state index in [9.17, 15) is 0 Å². The van der Waals surface area contributed by atoms with Gasteiger partial charge in [-0.3, -0.25) is 4.90 Å². The van der Waals surface area contributed by atoms with Crippen LogP contribution in [0, 0.1) is 17.8 Å². The number of hydrogen-bond acceptors (Lipinski definition) is 2. The van der Waals surface area contributed by atoms with E-state index >= 15 is 0 Å². The fourth-order valence-electron chi connectivity index (χ4n) is 3.23. The van der Waals surface area contributed by atoms with Crippen molar-refractivity contribution in [2.45, 2.75) is 45.7 Å². The molecule has 0 amide bonds. The number of likely N-dealkylation sites (tertiary alicyclic amines) is 1. The first-order valence-corrected chi connectivity index (χ1v) is 6.09. The van der Waals surface area contributed by atoms with Crippen molar-refractivity contribution < 1.29 is 0 Å². The highest BCUT2D eigenvalue weighted by Gasteiger charge is 2.43. The highest BCUT2D eigenvalue weighted by atomic mass is 15.2. The van der Waals surface area contributed by atoms with Crippen molar-refractivity contribution in [1.82, 2.24) is 4.90 Å². The van der Waals surface area contributed by atoms with Crippen molar-refractivity contribution in [3.05, 3.63) is 0 Å². The summed E-state index contributed by atoms with van der Waals surface area (Å²) in [5.41, 5.74) is 5.75. The highest BCUT2D eigenvalue weighted by Crippen LogP contribution is 2.41. The van der Waals surface area contributed by atoms with Crippen molar-refractivity contribution in [2.24, 2.45) is 23.5 Å². The molecule has 1 aliphatic heterocycles. The molecule has 2 fully saturated rings. The molecule has 1 aliphatic carbocycles. The third-order valence-corrected chi connectivity index (χ3v) is 4.59. The molecule has 1 heterocycles. The largest absolute Gasteiger partial charge is 0.330 e. The number of nitrogens with zero attached hydrogens (tertiary/aromatic N) is 1. The van der Waals surface area contributed by atoms with E-state index in [-0.39, 0.29) is 0 Å². The SMILES string of the molecule is CC1CC(N2CC(CN)CC2C)C1C. The van der Waals surface area contributed by atoms with Gasteiger partial charge in [0.25, 0.3) is 0 Å². The zero-order valence-corrected chi connectivity index (χ0v) is 9.74. The monoisotopic (exact) mass is 196 g/mol. The molecular formula is C12H24N2. The van der Waals surface area contributed by atoms with Crippen LogP contribution in [-0.4, -0.2) is 30.1 Å². The molecule has 0 aromatic carbocycles. The van der Waals surface area contributed by atoms with Crippen LogP contribution in [0.4, 0.5) is 0 Å². The third kappa shape index (κ3) is 1.59. The predicted molar refractivity (Wildman–Crippen MR) is 60.1 cm³/mol. The van der Waals surface area contributed by atoms with Gasteiger partial charge in [0.05, 0.1) is 0 Å². The van der Waals surface area contributed by atoms with Crippen molar-refractivity contribution in [2.75, 3.05) is 13.1 Å². The van der Waals surface area contributed by atoms with Gasteiger partial charge in [0.2, 0.25) is 0 Å². The van der Waals surface area contributed by atoms with E-state index in [2.05, 4.69) is 25.7 Å². The van der Waals surface area contributed by atoms with E-state index in [1.54, 1.807) is 0 Å². The van der Waals surface area contributed by atoms with Crippen molar-refractivity contribution in [3.63, 3.8) is 0 Å². The van der Waals surface area contributed by atoms with E-state index in [4.69, 9.17) is 5.73 Å². The van der Waals surface area contributed by atoms with Gasteiger partial charge in [-0.1, -0.05) is 13.8 Å². The van der Waals surface area contributed by atoms with Crippen LogP contribution < -0.4 is 5.73 Å². The third-order valence-electron chi connectivity index (χ3n) is 4.59. The fraction of sp³-hybridized carbons (Fsp3) is 1.00. The van der Waals surface area contributed by atoms with Crippen LogP contribution in [0.3, 0.4) is 0 Å².